The Morgan fingerprint density at radius 3 is 2.71 bits per heavy atom. The van der Waals surface area contributed by atoms with Gasteiger partial charge in [-0.05, 0) is 43.0 Å². The third-order valence-electron chi connectivity index (χ3n) is 3.29. The summed E-state index contributed by atoms with van der Waals surface area (Å²) in [5, 5.41) is 5.05. The Balaban J connectivity index is 1.99. The number of rotatable bonds is 6. The summed E-state index contributed by atoms with van der Waals surface area (Å²) in [4.78, 5) is 0. The van der Waals surface area contributed by atoms with E-state index in [-0.39, 0.29) is 0 Å². The van der Waals surface area contributed by atoms with Crippen LogP contribution in [0.2, 0.25) is 10.0 Å². The van der Waals surface area contributed by atoms with E-state index in [9.17, 15) is 0 Å². The van der Waals surface area contributed by atoms with Crippen LogP contribution in [-0.4, -0.2) is 12.6 Å². The van der Waals surface area contributed by atoms with E-state index in [1.807, 2.05) is 18.2 Å². The molecule has 1 unspecified atom stereocenters. The van der Waals surface area contributed by atoms with Gasteiger partial charge in [-0.1, -0.05) is 49.0 Å². The minimum absolute atomic E-state index is 0.547. The van der Waals surface area contributed by atoms with Gasteiger partial charge in [0.1, 0.15) is 0 Å². The highest BCUT2D eigenvalue weighted by Gasteiger charge is 2.25. The number of benzene rings is 1. The number of hydrogen-bond acceptors (Lipinski definition) is 1. The molecule has 0 aromatic heterocycles. The molecule has 1 aliphatic carbocycles. The zero-order valence-electron chi connectivity index (χ0n) is 10.2. The Morgan fingerprint density at radius 2 is 2.12 bits per heavy atom. The van der Waals surface area contributed by atoms with Crippen molar-refractivity contribution in [3.05, 3.63) is 33.8 Å². The number of likely N-dealkylation sites (N-methyl/N-ethyl adjacent to an activating group) is 1. The second-order valence-electron chi connectivity index (χ2n) is 4.87. The summed E-state index contributed by atoms with van der Waals surface area (Å²) < 4.78 is 0. The molecular weight excluding hydrogens is 253 g/mol. The van der Waals surface area contributed by atoms with Gasteiger partial charge in [-0.2, -0.15) is 0 Å². The molecule has 1 atom stereocenters. The van der Waals surface area contributed by atoms with E-state index in [4.69, 9.17) is 23.2 Å². The van der Waals surface area contributed by atoms with Gasteiger partial charge in [-0.25, -0.2) is 0 Å². The monoisotopic (exact) mass is 271 g/mol. The normalized spacial score (nSPS) is 17.1. The van der Waals surface area contributed by atoms with Crippen LogP contribution in [-0.2, 0) is 6.42 Å². The van der Waals surface area contributed by atoms with Crippen LogP contribution in [0.25, 0.3) is 0 Å². The van der Waals surface area contributed by atoms with Gasteiger partial charge in [-0.15, -0.1) is 0 Å². The van der Waals surface area contributed by atoms with Crippen molar-refractivity contribution in [1.29, 1.82) is 0 Å². The fourth-order valence-corrected chi connectivity index (χ4v) is 2.72. The van der Waals surface area contributed by atoms with Gasteiger partial charge in [0.15, 0.2) is 0 Å². The molecule has 1 saturated carbocycles. The Hall–Kier alpha value is -0.240. The van der Waals surface area contributed by atoms with E-state index in [0.717, 1.165) is 23.9 Å². The molecule has 0 aliphatic heterocycles. The summed E-state index contributed by atoms with van der Waals surface area (Å²) in [7, 11) is 0. The van der Waals surface area contributed by atoms with Crippen molar-refractivity contribution < 1.29 is 0 Å². The lowest BCUT2D eigenvalue weighted by atomic mass is 10.0. The molecular formula is C14H19Cl2N. The molecule has 0 heterocycles. The van der Waals surface area contributed by atoms with Crippen LogP contribution in [0.3, 0.4) is 0 Å². The smallest absolute Gasteiger partial charge is 0.0453 e. The van der Waals surface area contributed by atoms with Crippen molar-refractivity contribution in [3.8, 4) is 0 Å². The summed E-state index contributed by atoms with van der Waals surface area (Å²) in [6.07, 6.45) is 5.07. The zero-order valence-corrected chi connectivity index (χ0v) is 11.7. The Morgan fingerprint density at radius 1 is 1.35 bits per heavy atom. The van der Waals surface area contributed by atoms with E-state index in [1.165, 1.54) is 24.8 Å². The van der Waals surface area contributed by atoms with Crippen LogP contribution in [0, 0.1) is 5.92 Å². The average Bonchev–Trinajstić information content (AvgIpc) is 3.06. The highest BCUT2D eigenvalue weighted by molar-refractivity contribution is 6.35. The molecule has 1 fully saturated rings. The Labute approximate surface area is 114 Å². The molecule has 0 radical (unpaired) electrons. The van der Waals surface area contributed by atoms with Gasteiger partial charge in [0.25, 0.3) is 0 Å². The second kappa shape index (κ2) is 6.08. The largest absolute Gasteiger partial charge is 0.314 e. The summed E-state index contributed by atoms with van der Waals surface area (Å²) in [5.41, 5.74) is 1.20. The van der Waals surface area contributed by atoms with Crippen molar-refractivity contribution in [2.75, 3.05) is 6.54 Å². The average molecular weight is 272 g/mol. The van der Waals surface area contributed by atoms with Crippen LogP contribution in [0.1, 0.15) is 31.7 Å². The van der Waals surface area contributed by atoms with Gasteiger partial charge >= 0.3 is 0 Å². The van der Waals surface area contributed by atoms with Crippen LogP contribution in [0.15, 0.2) is 18.2 Å². The van der Waals surface area contributed by atoms with Crippen LogP contribution >= 0.6 is 23.2 Å². The SMILES string of the molecule is CCNC(Cc1ccc(Cl)cc1Cl)CC1CC1. The Kier molecular flexibility index (Phi) is 4.72. The third kappa shape index (κ3) is 4.17. The van der Waals surface area contributed by atoms with Gasteiger partial charge in [0.05, 0.1) is 0 Å². The molecule has 1 aliphatic rings. The first-order valence-electron chi connectivity index (χ1n) is 6.36. The highest BCUT2D eigenvalue weighted by Crippen LogP contribution is 2.34. The first kappa shape index (κ1) is 13.2. The maximum atomic E-state index is 6.21. The number of nitrogens with one attached hydrogen (secondary N) is 1. The molecule has 94 valence electrons. The molecule has 1 N–H and O–H groups in total. The van der Waals surface area contributed by atoms with Crippen molar-refractivity contribution >= 4 is 23.2 Å². The zero-order chi connectivity index (χ0) is 12.3. The summed E-state index contributed by atoms with van der Waals surface area (Å²) in [6, 6.07) is 6.34. The van der Waals surface area contributed by atoms with Gasteiger partial charge < -0.3 is 5.32 Å². The molecule has 0 amide bonds. The molecule has 1 aromatic carbocycles. The fourth-order valence-electron chi connectivity index (χ4n) is 2.24. The molecule has 0 saturated heterocycles. The predicted octanol–water partition coefficient (Wildman–Crippen LogP) is 4.31. The summed E-state index contributed by atoms with van der Waals surface area (Å²) in [6.45, 7) is 3.17. The minimum atomic E-state index is 0.547. The molecule has 1 aromatic rings. The summed E-state index contributed by atoms with van der Waals surface area (Å²) in [5.74, 6) is 0.935. The molecule has 3 heteroatoms. The van der Waals surface area contributed by atoms with Crippen LogP contribution in [0.5, 0.6) is 0 Å². The maximum Gasteiger partial charge on any atom is 0.0453 e. The van der Waals surface area contributed by atoms with Crippen LogP contribution in [0.4, 0.5) is 0 Å². The third-order valence-corrected chi connectivity index (χ3v) is 3.88. The fraction of sp³-hybridized carbons (Fsp3) is 0.571. The van der Waals surface area contributed by atoms with Crippen molar-refractivity contribution in [2.24, 2.45) is 5.92 Å². The topological polar surface area (TPSA) is 12.0 Å². The molecule has 2 rings (SSSR count). The van der Waals surface area contributed by atoms with Crippen LogP contribution < -0.4 is 5.32 Å². The first-order chi connectivity index (χ1) is 8.19. The summed E-state index contributed by atoms with van der Waals surface area (Å²) >= 11 is 12.1. The minimum Gasteiger partial charge on any atom is -0.314 e. The first-order valence-corrected chi connectivity index (χ1v) is 7.12. The lowest BCUT2D eigenvalue weighted by Gasteiger charge is -2.18. The second-order valence-corrected chi connectivity index (χ2v) is 5.72. The van der Waals surface area contributed by atoms with Crippen molar-refractivity contribution in [1.82, 2.24) is 5.32 Å². The van der Waals surface area contributed by atoms with Crippen molar-refractivity contribution in [3.63, 3.8) is 0 Å². The molecule has 1 nitrogen and oxygen atoms in total. The van der Waals surface area contributed by atoms with E-state index in [2.05, 4.69) is 12.2 Å². The molecule has 17 heavy (non-hydrogen) atoms. The predicted molar refractivity (Wildman–Crippen MR) is 75.0 cm³/mol. The molecule has 0 bridgehead atoms. The number of halogens is 2. The van der Waals surface area contributed by atoms with Gasteiger partial charge in [-0.3, -0.25) is 0 Å². The van der Waals surface area contributed by atoms with E-state index < -0.39 is 0 Å². The van der Waals surface area contributed by atoms with Gasteiger partial charge in [0.2, 0.25) is 0 Å². The van der Waals surface area contributed by atoms with Gasteiger partial charge in [0, 0.05) is 16.1 Å². The van der Waals surface area contributed by atoms with Crippen molar-refractivity contribution in [2.45, 2.75) is 38.6 Å². The lowest BCUT2D eigenvalue weighted by Crippen LogP contribution is -2.31. The van der Waals surface area contributed by atoms with E-state index in [0.29, 0.717) is 11.1 Å². The Bertz CT molecular complexity index is 374. The highest BCUT2D eigenvalue weighted by atomic mass is 35.5. The number of hydrogen-bond donors (Lipinski definition) is 1. The lowest BCUT2D eigenvalue weighted by molar-refractivity contribution is 0.466. The quantitative estimate of drug-likeness (QED) is 0.813. The van der Waals surface area contributed by atoms with E-state index >= 15 is 0 Å². The standard InChI is InChI=1S/C14H19Cl2N/c1-2-17-13(7-10-3-4-10)8-11-5-6-12(15)9-14(11)16/h5-6,9-10,13,17H,2-4,7-8H2,1H3. The molecule has 0 spiro atoms. The maximum absolute atomic E-state index is 6.21. The van der Waals surface area contributed by atoms with E-state index in [1.54, 1.807) is 0 Å².